The van der Waals surface area contributed by atoms with E-state index in [1.54, 1.807) is 17.0 Å². The van der Waals surface area contributed by atoms with E-state index >= 15 is 0 Å². The van der Waals surface area contributed by atoms with Gasteiger partial charge in [-0.3, -0.25) is 9.59 Å². The third kappa shape index (κ3) is 5.80. The number of nitrogens with zero attached hydrogens (tertiary/aromatic N) is 3. The van der Waals surface area contributed by atoms with Gasteiger partial charge in [-0.05, 0) is 104 Å². The van der Waals surface area contributed by atoms with E-state index in [0.717, 1.165) is 43.7 Å². The Labute approximate surface area is 270 Å². The number of hydrogen-bond acceptors (Lipinski definition) is 3. The summed E-state index contributed by atoms with van der Waals surface area (Å²) in [7, 11) is 0. The number of halogens is 5. The second kappa shape index (κ2) is 11.5. The van der Waals surface area contributed by atoms with Crippen LogP contribution in [0.4, 0.5) is 18.9 Å². The van der Waals surface area contributed by atoms with Crippen LogP contribution in [0, 0.1) is 5.41 Å². The fourth-order valence-electron chi connectivity index (χ4n) is 7.62. The van der Waals surface area contributed by atoms with Crippen LogP contribution in [0.5, 0.6) is 0 Å². The molecule has 1 saturated carbocycles. The van der Waals surface area contributed by atoms with Crippen LogP contribution >= 0.6 is 23.2 Å². The molecule has 0 aromatic heterocycles. The van der Waals surface area contributed by atoms with Gasteiger partial charge in [0.05, 0.1) is 22.2 Å². The minimum atomic E-state index is -4.49. The Balaban J connectivity index is 1.05. The van der Waals surface area contributed by atoms with E-state index in [2.05, 4.69) is 0 Å². The molecule has 45 heavy (non-hydrogen) atoms. The van der Waals surface area contributed by atoms with E-state index in [0.29, 0.717) is 55.2 Å². The molecule has 2 heterocycles. The summed E-state index contributed by atoms with van der Waals surface area (Å²) in [6, 6.07) is 17.1. The number of amides is 2. The van der Waals surface area contributed by atoms with Crippen molar-refractivity contribution in [2.24, 2.45) is 5.41 Å². The third-order valence-corrected chi connectivity index (χ3v) is 10.8. The molecule has 1 atom stereocenters. The lowest BCUT2D eigenvalue weighted by molar-refractivity contribution is -0.137. The monoisotopic (exact) mass is 655 g/mol. The van der Waals surface area contributed by atoms with E-state index in [4.69, 9.17) is 23.2 Å². The molecule has 2 aliphatic carbocycles. The zero-order valence-corrected chi connectivity index (χ0v) is 26.3. The van der Waals surface area contributed by atoms with Crippen LogP contribution in [0.2, 0.25) is 10.0 Å². The van der Waals surface area contributed by atoms with Crippen LogP contribution in [-0.4, -0.2) is 53.8 Å². The van der Waals surface area contributed by atoms with Gasteiger partial charge in [0.1, 0.15) is 0 Å². The minimum Gasteiger partial charge on any atom is -0.371 e. The maximum atomic E-state index is 13.8. The van der Waals surface area contributed by atoms with Crippen LogP contribution in [0.3, 0.4) is 0 Å². The molecule has 1 unspecified atom stereocenters. The van der Waals surface area contributed by atoms with Gasteiger partial charge in [-0.25, -0.2) is 0 Å². The van der Waals surface area contributed by atoms with E-state index in [1.807, 2.05) is 40.1 Å². The summed E-state index contributed by atoms with van der Waals surface area (Å²) < 4.78 is 41.3. The molecular formula is C35H34Cl2F3N3O2. The summed E-state index contributed by atoms with van der Waals surface area (Å²) in [5.74, 6) is -0.0957. The lowest BCUT2D eigenvalue weighted by atomic mass is 9.77. The highest BCUT2D eigenvalue weighted by atomic mass is 35.5. The highest BCUT2D eigenvalue weighted by Gasteiger charge is 2.45. The second-order valence-corrected chi connectivity index (χ2v) is 13.9. The van der Waals surface area contributed by atoms with Gasteiger partial charge in [0, 0.05) is 48.5 Å². The van der Waals surface area contributed by atoms with Gasteiger partial charge in [0.25, 0.3) is 11.8 Å². The zero-order valence-electron chi connectivity index (χ0n) is 24.8. The molecule has 0 bridgehead atoms. The number of anilines is 1. The molecule has 5 nitrogen and oxygen atoms in total. The van der Waals surface area contributed by atoms with Crippen LogP contribution < -0.4 is 4.90 Å². The van der Waals surface area contributed by atoms with E-state index in [1.165, 1.54) is 17.7 Å². The number of likely N-dealkylation sites (tertiary alicyclic amines) is 1. The number of rotatable bonds is 5. The maximum Gasteiger partial charge on any atom is 0.418 e. The van der Waals surface area contributed by atoms with Crippen molar-refractivity contribution < 1.29 is 22.8 Å². The van der Waals surface area contributed by atoms with E-state index in [-0.39, 0.29) is 40.0 Å². The van der Waals surface area contributed by atoms with Gasteiger partial charge in [-0.1, -0.05) is 41.4 Å². The molecule has 2 amide bonds. The highest BCUT2D eigenvalue weighted by molar-refractivity contribution is 6.33. The Morgan fingerprint density at radius 1 is 0.889 bits per heavy atom. The number of piperidine rings is 1. The summed E-state index contributed by atoms with van der Waals surface area (Å²) in [4.78, 5) is 33.3. The predicted octanol–water partition coefficient (Wildman–Crippen LogP) is 8.44. The molecular weight excluding hydrogens is 622 g/mol. The van der Waals surface area contributed by atoms with Gasteiger partial charge in [0.2, 0.25) is 0 Å². The first kappa shape index (κ1) is 30.4. The Morgan fingerprint density at radius 3 is 2.33 bits per heavy atom. The number of carbonyl (C=O) groups is 2. The van der Waals surface area contributed by atoms with Crippen molar-refractivity contribution in [1.82, 2.24) is 9.80 Å². The highest BCUT2D eigenvalue weighted by Crippen LogP contribution is 2.46. The number of alkyl halides is 3. The Bertz CT molecular complexity index is 1650. The molecule has 0 N–H and O–H groups in total. The quantitative estimate of drug-likeness (QED) is 0.277. The van der Waals surface area contributed by atoms with Crippen molar-refractivity contribution in [3.8, 4) is 0 Å². The topological polar surface area (TPSA) is 43.9 Å². The van der Waals surface area contributed by atoms with Gasteiger partial charge in [-0.15, -0.1) is 0 Å². The molecule has 2 saturated heterocycles. The zero-order chi connectivity index (χ0) is 31.5. The van der Waals surface area contributed by atoms with Gasteiger partial charge >= 0.3 is 6.18 Å². The van der Waals surface area contributed by atoms with Crippen molar-refractivity contribution in [2.75, 3.05) is 31.1 Å². The van der Waals surface area contributed by atoms with Crippen LogP contribution in [-0.2, 0) is 12.6 Å². The van der Waals surface area contributed by atoms with Crippen molar-refractivity contribution in [2.45, 2.75) is 63.2 Å². The first-order chi connectivity index (χ1) is 21.5. The average Bonchev–Trinajstić information content (AvgIpc) is 3.65. The van der Waals surface area contributed by atoms with Crippen molar-refractivity contribution in [3.05, 3.63) is 98.5 Å². The molecule has 236 valence electrons. The number of benzene rings is 3. The molecule has 10 heteroatoms. The summed E-state index contributed by atoms with van der Waals surface area (Å²) in [6.07, 6.45) is 1.35. The largest absolute Gasteiger partial charge is 0.418 e. The average molecular weight is 657 g/mol. The summed E-state index contributed by atoms with van der Waals surface area (Å²) >= 11 is 12.3. The number of hydrogen-bond donors (Lipinski definition) is 0. The van der Waals surface area contributed by atoms with Gasteiger partial charge in [0.15, 0.2) is 0 Å². The first-order valence-electron chi connectivity index (χ1n) is 15.6. The molecule has 4 aliphatic rings. The fourth-order valence-corrected chi connectivity index (χ4v) is 8.01. The predicted molar refractivity (Wildman–Crippen MR) is 169 cm³/mol. The Hall–Kier alpha value is -3.23. The number of carbonyl (C=O) groups excluding carboxylic acids is 2. The fraction of sp³-hybridized carbons (Fsp3) is 0.429. The molecule has 3 aromatic rings. The lowest BCUT2D eigenvalue weighted by Crippen LogP contribution is -2.43. The number of fused-ring (bicyclic) bond motifs is 1. The number of aryl methyl sites for hydroxylation is 1. The SMILES string of the molecule is O=C(c1ccc2c(c1)C(N(C(=O)c1ccccc1Cl)C1CC1)CC2)N1CCC2(CCN(c3ccc(Cl)cc3C(F)(F)F)CC2)C1. The standard InChI is InChI=1S/C35H34Cl2F3N3O2/c36-24-8-12-31(28(20-24)35(38,39)40)41-16-13-34(14-17-41)15-18-42(21-34)32(44)23-6-5-22-7-11-30(27(22)19-23)43(25-9-10-25)33(45)26-3-1-2-4-29(26)37/h1-6,8,12,19-20,25,30H,7,9-11,13-18,21H2. The van der Waals surface area contributed by atoms with E-state index in [9.17, 15) is 22.8 Å². The molecule has 3 fully saturated rings. The van der Waals surface area contributed by atoms with Crippen molar-refractivity contribution in [1.29, 1.82) is 0 Å². The summed E-state index contributed by atoms with van der Waals surface area (Å²) in [5, 5.41) is 0.507. The van der Waals surface area contributed by atoms with Gasteiger partial charge in [-0.2, -0.15) is 13.2 Å². The summed E-state index contributed by atoms with van der Waals surface area (Å²) in [6.45, 7) is 2.19. The van der Waals surface area contributed by atoms with Crippen LogP contribution in [0.1, 0.15) is 82.0 Å². The smallest absolute Gasteiger partial charge is 0.371 e. The molecule has 1 spiro atoms. The second-order valence-electron chi connectivity index (χ2n) is 13.0. The third-order valence-electron chi connectivity index (χ3n) is 10.2. The first-order valence-corrected chi connectivity index (χ1v) is 16.4. The minimum absolute atomic E-state index is 0.0322. The maximum absolute atomic E-state index is 13.8. The molecule has 3 aromatic carbocycles. The molecule has 7 rings (SSSR count). The van der Waals surface area contributed by atoms with Crippen molar-refractivity contribution >= 4 is 40.7 Å². The lowest BCUT2D eigenvalue weighted by Gasteiger charge is -2.41. The summed E-state index contributed by atoms with van der Waals surface area (Å²) in [5.41, 5.74) is 2.67. The Kier molecular flexibility index (Phi) is 7.80. The van der Waals surface area contributed by atoms with Crippen LogP contribution in [0.25, 0.3) is 0 Å². The van der Waals surface area contributed by atoms with E-state index < -0.39 is 11.7 Å². The van der Waals surface area contributed by atoms with Gasteiger partial charge < -0.3 is 14.7 Å². The van der Waals surface area contributed by atoms with Crippen molar-refractivity contribution in [3.63, 3.8) is 0 Å². The molecule has 0 radical (unpaired) electrons. The Morgan fingerprint density at radius 2 is 1.62 bits per heavy atom. The molecule has 2 aliphatic heterocycles. The van der Waals surface area contributed by atoms with Crippen LogP contribution in [0.15, 0.2) is 60.7 Å². The normalized spacial score (nSPS) is 20.9.